The van der Waals surface area contributed by atoms with Crippen molar-refractivity contribution < 1.29 is 0 Å². The highest BCUT2D eigenvalue weighted by Crippen LogP contribution is 2.43. The molecule has 3 rings (SSSR count). The molecule has 0 spiro atoms. The lowest BCUT2D eigenvalue weighted by Gasteiger charge is -2.44. The second-order valence-electron chi connectivity index (χ2n) is 8.71. The highest BCUT2D eigenvalue weighted by Gasteiger charge is 2.37. The Morgan fingerprint density at radius 2 is 1.76 bits per heavy atom. The Morgan fingerprint density at radius 3 is 2.48 bits per heavy atom. The van der Waals surface area contributed by atoms with Crippen LogP contribution in [0.25, 0.3) is 0 Å². The van der Waals surface area contributed by atoms with E-state index in [2.05, 4.69) is 51.8 Å². The highest BCUT2D eigenvalue weighted by molar-refractivity contribution is 5.47. The number of hydrogen-bond acceptors (Lipinski definition) is 1. The summed E-state index contributed by atoms with van der Waals surface area (Å²) in [5.41, 5.74) is 7.13. The van der Waals surface area contributed by atoms with Crippen LogP contribution in [0.15, 0.2) is 12.1 Å². The molecule has 2 aliphatic rings. The predicted octanol–water partition coefficient (Wildman–Crippen LogP) is 4.80. The van der Waals surface area contributed by atoms with Crippen molar-refractivity contribution in [3.8, 4) is 0 Å². The third-order valence-electron chi connectivity index (χ3n) is 5.51. The normalized spacial score (nSPS) is 26.9. The molecule has 0 bridgehead atoms. The average molecular weight is 285 g/mol. The molecule has 0 aromatic heterocycles. The fourth-order valence-corrected chi connectivity index (χ4v) is 4.53. The van der Waals surface area contributed by atoms with E-state index in [0.29, 0.717) is 5.41 Å². The molecule has 1 aromatic rings. The lowest BCUT2D eigenvalue weighted by Crippen LogP contribution is -2.43. The van der Waals surface area contributed by atoms with Crippen LogP contribution in [0, 0.1) is 0 Å². The molecule has 1 aromatic carbocycles. The van der Waals surface area contributed by atoms with Gasteiger partial charge in [-0.15, -0.1) is 0 Å². The first kappa shape index (κ1) is 15.1. The molecule has 0 radical (unpaired) electrons. The van der Waals surface area contributed by atoms with Gasteiger partial charge >= 0.3 is 0 Å². The second kappa shape index (κ2) is 5.12. The van der Waals surface area contributed by atoms with Crippen molar-refractivity contribution in [2.45, 2.75) is 77.2 Å². The first-order chi connectivity index (χ1) is 9.79. The maximum atomic E-state index is 2.54. The van der Waals surface area contributed by atoms with Gasteiger partial charge in [-0.3, -0.25) is 0 Å². The fourth-order valence-electron chi connectivity index (χ4n) is 4.53. The molecule has 1 atom stereocenters. The first-order valence-corrected chi connectivity index (χ1v) is 8.65. The third kappa shape index (κ3) is 2.77. The Labute approximate surface area is 130 Å². The first-order valence-electron chi connectivity index (χ1n) is 8.65. The molecule has 0 saturated heterocycles. The molecule has 0 fully saturated rings. The number of benzene rings is 1. The quantitative estimate of drug-likeness (QED) is 0.661. The van der Waals surface area contributed by atoms with Crippen LogP contribution in [-0.4, -0.2) is 18.5 Å². The van der Waals surface area contributed by atoms with Gasteiger partial charge in [0.05, 0.1) is 0 Å². The van der Waals surface area contributed by atoms with Gasteiger partial charge < -0.3 is 4.90 Å². The number of rotatable bonds is 0. The topological polar surface area (TPSA) is 3.24 Å². The van der Waals surface area contributed by atoms with Crippen LogP contribution in [0.2, 0.25) is 0 Å². The summed E-state index contributed by atoms with van der Waals surface area (Å²) in [5.74, 6) is 0. The molecule has 21 heavy (non-hydrogen) atoms. The number of aryl methyl sites for hydroxylation is 1. The summed E-state index contributed by atoms with van der Waals surface area (Å²) in [6, 6.07) is 5.04. The second-order valence-corrected chi connectivity index (χ2v) is 8.71. The van der Waals surface area contributed by atoms with Gasteiger partial charge in [-0.25, -0.2) is 0 Å². The van der Waals surface area contributed by atoms with E-state index in [1.165, 1.54) is 44.2 Å². The highest BCUT2D eigenvalue weighted by atomic mass is 15.1. The molecule has 0 amide bonds. The van der Waals surface area contributed by atoms with Gasteiger partial charge in [-0.05, 0) is 54.0 Å². The van der Waals surface area contributed by atoms with Crippen LogP contribution in [0.3, 0.4) is 0 Å². The van der Waals surface area contributed by atoms with E-state index in [0.717, 1.165) is 6.54 Å². The summed E-state index contributed by atoms with van der Waals surface area (Å²) < 4.78 is 0. The van der Waals surface area contributed by atoms with E-state index < -0.39 is 0 Å². The third-order valence-corrected chi connectivity index (χ3v) is 5.51. The van der Waals surface area contributed by atoms with E-state index in [1.54, 1.807) is 16.7 Å². The largest absolute Gasteiger partial charge is 0.301 e. The zero-order chi connectivity index (χ0) is 15.3. The van der Waals surface area contributed by atoms with Crippen LogP contribution in [0.5, 0.6) is 0 Å². The van der Waals surface area contributed by atoms with Crippen molar-refractivity contribution in [2.75, 3.05) is 13.6 Å². The lowest BCUT2D eigenvalue weighted by molar-refractivity contribution is 0.206. The lowest BCUT2D eigenvalue weighted by atomic mass is 9.68. The Kier molecular flexibility index (Phi) is 3.68. The maximum Gasteiger partial charge on any atom is 0.0234 e. The molecule has 1 aliphatic carbocycles. The Bertz CT molecular complexity index is 520. The van der Waals surface area contributed by atoms with Gasteiger partial charge in [-0.1, -0.05) is 52.7 Å². The monoisotopic (exact) mass is 285 g/mol. The summed E-state index contributed by atoms with van der Waals surface area (Å²) in [4.78, 5) is 2.53. The standard InChI is InChI=1S/C20H31N/c1-19(2,3)17-11-15-9-7-6-8-10-20(4)14-21(5)13-16(12-17)18(15)20/h11-12H,6-10,13-14H2,1-5H3/t20-/m0/s1. The SMILES string of the molecule is CN1Cc2cc(C(C)(C)C)cc3c2[C@@](C)(CCCCC3)C1. The van der Waals surface area contributed by atoms with Crippen molar-refractivity contribution >= 4 is 0 Å². The fraction of sp³-hybridized carbons (Fsp3) is 0.700. The number of nitrogens with zero attached hydrogens (tertiary/aromatic N) is 1. The summed E-state index contributed by atoms with van der Waals surface area (Å²) in [6.07, 6.45) is 6.79. The molecule has 0 N–H and O–H groups in total. The predicted molar refractivity (Wildman–Crippen MR) is 91.0 cm³/mol. The minimum absolute atomic E-state index is 0.250. The molecule has 1 heterocycles. The van der Waals surface area contributed by atoms with Crippen molar-refractivity contribution in [1.29, 1.82) is 0 Å². The summed E-state index contributed by atoms with van der Waals surface area (Å²) >= 11 is 0. The van der Waals surface area contributed by atoms with Crippen LogP contribution in [0.1, 0.15) is 75.6 Å². The van der Waals surface area contributed by atoms with Crippen LogP contribution < -0.4 is 0 Å². The minimum Gasteiger partial charge on any atom is -0.301 e. The summed E-state index contributed by atoms with van der Waals surface area (Å²) in [5, 5.41) is 0. The van der Waals surface area contributed by atoms with Crippen LogP contribution in [-0.2, 0) is 23.8 Å². The van der Waals surface area contributed by atoms with E-state index in [4.69, 9.17) is 0 Å². The van der Waals surface area contributed by atoms with Gasteiger partial charge in [-0.2, -0.15) is 0 Å². The van der Waals surface area contributed by atoms with E-state index in [1.807, 2.05) is 0 Å². The maximum absolute atomic E-state index is 2.54. The van der Waals surface area contributed by atoms with Gasteiger partial charge in [0.1, 0.15) is 0 Å². The van der Waals surface area contributed by atoms with Crippen LogP contribution >= 0.6 is 0 Å². The van der Waals surface area contributed by atoms with Crippen LogP contribution in [0.4, 0.5) is 0 Å². The molecule has 1 heteroatoms. The molecule has 116 valence electrons. The van der Waals surface area contributed by atoms with E-state index in [9.17, 15) is 0 Å². The van der Waals surface area contributed by atoms with E-state index in [-0.39, 0.29) is 5.41 Å². The number of hydrogen-bond donors (Lipinski definition) is 0. The Morgan fingerprint density at radius 1 is 1.05 bits per heavy atom. The molecular weight excluding hydrogens is 254 g/mol. The molecule has 0 unspecified atom stereocenters. The number of likely N-dealkylation sites (N-methyl/N-ethyl adjacent to an activating group) is 1. The van der Waals surface area contributed by atoms with Crippen molar-refractivity contribution in [1.82, 2.24) is 4.90 Å². The Balaban J connectivity index is 2.19. The van der Waals surface area contributed by atoms with Gasteiger partial charge in [0.25, 0.3) is 0 Å². The Hall–Kier alpha value is -0.820. The van der Waals surface area contributed by atoms with Crippen molar-refractivity contribution in [2.24, 2.45) is 0 Å². The molecule has 1 nitrogen and oxygen atoms in total. The minimum atomic E-state index is 0.250. The molecular formula is C20H31N. The molecule has 1 aliphatic heterocycles. The van der Waals surface area contributed by atoms with Crippen molar-refractivity contribution in [3.63, 3.8) is 0 Å². The van der Waals surface area contributed by atoms with Gasteiger partial charge in [0.2, 0.25) is 0 Å². The smallest absolute Gasteiger partial charge is 0.0234 e. The summed E-state index contributed by atoms with van der Waals surface area (Å²) in [6.45, 7) is 11.9. The van der Waals surface area contributed by atoms with Gasteiger partial charge in [0.15, 0.2) is 0 Å². The zero-order valence-corrected chi connectivity index (χ0v) is 14.6. The molecule has 0 saturated carbocycles. The zero-order valence-electron chi connectivity index (χ0n) is 14.6. The van der Waals surface area contributed by atoms with E-state index >= 15 is 0 Å². The van der Waals surface area contributed by atoms with Gasteiger partial charge in [0, 0.05) is 18.5 Å². The average Bonchev–Trinajstić information content (AvgIpc) is 2.33. The van der Waals surface area contributed by atoms with Crippen molar-refractivity contribution in [3.05, 3.63) is 34.4 Å². The summed E-state index contributed by atoms with van der Waals surface area (Å²) in [7, 11) is 2.29.